The van der Waals surface area contributed by atoms with Crippen molar-refractivity contribution in [2.24, 2.45) is 5.92 Å². The van der Waals surface area contributed by atoms with E-state index in [1.54, 1.807) is 61.1 Å². The van der Waals surface area contributed by atoms with Crippen molar-refractivity contribution in [3.63, 3.8) is 0 Å². The fourth-order valence-electron chi connectivity index (χ4n) is 3.86. The van der Waals surface area contributed by atoms with Gasteiger partial charge in [0, 0.05) is 54.4 Å². The zero-order valence-electron chi connectivity index (χ0n) is 17.8. The van der Waals surface area contributed by atoms with E-state index in [4.69, 9.17) is 23.2 Å². The quantitative estimate of drug-likeness (QED) is 0.497. The Morgan fingerprint density at radius 2 is 1.76 bits per heavy atom. The van der Waals surface area contributed by atoms with Gasteiger partial charge in [0.2, 0.25) is 5.91 Å². The third-order valence-corrected chi connectivity index (χ3v) is 5.96. The number of amides is 2. The van der Waals surface area contributed by atoms with Gasteiger partial charge in [-0.05, 0) is 55.2 Å². The molecule has 1 aromatic carbocycles. The Morgan fingerprint density at radius 3 is 2.48 bits per heavy atom. The maximum atomic E-state index is 12.7. The van der Waals surface area contributed by atoms with E-state index in [1.165, 1.54) is 0 Å². The second kappa shape index (κ2) is 10.6. The van der Waals surface area contributed by atoms with E-state index in [9.17, 15) is 9.59 Å². The number of anilines is 3. The second-order valence-corrected chi connectivity index (χ2v) is 8.78. The van der Waals surface area contributed by atoms with Gasteiger partial charge >= 0.3 is 0 Å². The number of pyridine rings is 2. The first kappa shape index (κ1) is 23.0. The third kappa shape index (κ3) is 6.21. The van der Waals surface area contributed by atoms with Gasteiger partial charge in [0.15, 0.2) is 5.82 Å². The predicted octanol–water partition coefficient (Wildman–Crippen LogP) is 5.28. The lowest BCUT2D eigenvalue weighted by molar-refractivity contribution is -0.117. The van der Waals surface area contributed by atoms with Crippen molar-refractivity contribution in [2.45, 2.75) is 19.3 Å². The average molecular weight is 484 g/mol. The molecule has 0 unspecified atom stereocenters. The largest absolute Gasteiger partial charge is 0.355 e. The van der Waals surface area contributed by atoms with Crippen LogP contribution in [-0.2, 0) is 4.79 Å². The van der Waals surface area contributed by atoms with Crippen LogP contribution in [0, 0.1) is 5.92 Å². The number of nitrogens with one attached hydrogen (secondary N) is 2. The Balaban J connectivity index is 1.38. The van der Waals surface area contributed by atoms with Crippen molar-refractivity contribution in [3.8, 4) is 0 Å². The lowest BCUT2D eigenvalue weighted by atomic mass is 9.93. The third-order valence-electron chi connectivity index (χ3n) is 5.52. The lowest BCUT2D eigenvalue weighted by Crippen LogP contribution is -2.36. The summed E-state index contributed by atoms with van der Waals surface area (Å²) in [6.07, 6.45) is 7.01. The molecule has 170 valence electrons. The lowest BCUT2D eigenvalue weighted by Gasteiger charge is -2.33. The van der Waals surface area contributed by atoms with E-state index < -0.39 is 0 Å². The smallest absolute Gasteiger partial charge is 0.255 e. The molecule has 0 atom stereocenters. The molecule has 2 aromatic heterocycles. The number of benzene rings is 1. The molecule has 0 bridgehead atoms. The van der Waals surface area contributed by atoms with Gasteiger partial charge in [-0.2, -0.15) is 0 Å². The van der Waals surface area contributed by atoms with E-state index in [0.717, 1.165) is 31.6 Å². The molecule has 0 radical (unpaired) electrons. The summed E-state index contributed by atoms with van der Waals surface area (Å²) < 4.78 is 0. The molecule has 9 heteroatoms. The Morgan fingerprint density at radius 1 is 1.00 bits per heavy atom. The summed E-state index contributed by atoms with van der Waals surface area (Å²) in [5.74, 6) is 0.651. The number of halogens is 2. The first-order valence-corrected chi connectivity index (χ1v) is 11.4. The zero-order valence-corrected chi connectivity index (χ0v) is 19.3. The number of carbonyl (C=O) groups excluding carboxylic acids is 2. The average Bonchev–Trinajstić information content (AvgIpc) is 2.80. The van der Waals surface area contributed by atoms with Gasteiger partial charge in [0.25, 0.3) is 5.91 Å². The van der Waals surface area contributed by atoms with Crippen LogP contribution in [0.1, 0.15) is 29.6 Å². The van der Waals surface area contributed by atoms with Gasteiger partial charge in [0.1, 0.15) is 0 Å². The summed E-state index contributed by atoms with van der Waals surface area (Å²) in [6.45, 7) is 1.45. The molecule has 0 aliphatic carbocycles. The highest BCUT2D eigenvalue weighted by atomic mass is 35.5. The molecule has 7 nitrogen and oxygen atoms in total. The topological polar surface area (TPSA) is 87.2 Å². The van der Waals surface area contributed by atoms with E-state index in [0.29, 0.717) is 33.5 Å². The molecule has 4 rings (SSSR count). The maximum Gasteiger partial charge on any atom is 0.255 e. The number of hydrogen-bond donors (Lipinski definition) is 2. The molecule has 3 aromatic rings. The minimum atomic E-state index is -0.287. The highest BCUT2D eigenvalue weighted by Gasteiger charge is 2.24. The van der Waals surface area contributed by atoms with Crippen LogP contribution in [0.25, 0.3) is 0 Å². The van der Waals surface area contributed by atoms with E-state index >= 15 is 0 Å². The van der Waals surface area contributed by atoms with Gasteiger partial charge in [0.05, 0.1) is 10.7 Å². The number of piperidine rings is 1. The summed E-state index contributed by atoms with van der Waals surface area (Å²) in [5.41, 5.74) is 1.74. The molecular weight excluding hydrogens is 461 g/mol. The number of rotatable bonds is 6. The van der Waals surface area contributed by atoms with Crippen LogP contribution in [0.15, 0.2) is 61.1 Å². The Kier molecular flexibility index (Phi) is 7.42. The fourth-order valence-corrected chi connectivity index (χ4v) is 4.21. The molecule has 1 fully saturated rings. The molecule has 0 spiro atoms. The highest BCUT2D eigenvalue weighted by molar-refractivity contribution is 6.31. The molecule has 1 saturated heterocycles. The first-order valence-electron chi connectivity index (χ1n) is 10.7. The van der Waals surface area contributed by atoms with Crippen LogP contribution >= 0.6 is 23.2 Å². The minimum Gasteiger partial charge on any atom is -0.355 e. The molecule has 33 heavy (non-hydrogen) atoms. The molecule has 2 N–H and O–H groups in total. The number of aromatic nitrogens is 2. The van der Waals surface area contributed by atoms with Crippen molar-refractivity contribution < 1.29 is 9.59 Å². The Labute approximate surface area is 202 Å². The van der Waals surface area contributed by atoms with Crippen molar-refractivity contribution in [2.75, 3.05) is 28.6 Å². The van der Waals surface area contributed by atoms with Gasteiger partial charge in [-0.25, -0.2) is 4.98 Å². The molecule has 0 saturated carbocycles. The molecule has 2 amide bonds. The van der Waals surface area contributed by atoms with Crippen LogP contribution in [0.3, 0.4) is 0 Å². The summed E-state index contributed by atoms with van der Waals surface area (Å²) in [5, 5.41) is 6.74. The van der Waals surface area contributed by atoms with Crippen LogP contribution in [0.2, 0.25) is 10.0 Å². The SMILES string of the molecule is O=C(CC1CCN(c2ncc(Cl)cc2NC(=O)c2cccc(Cl)c2)CC1)Nc1ccncc1. The number of nitrogens with zero attached hydrogens (tertiary/aromatic N) is 3. The van der Waals surface area contributed by atoms with Crippen LogP contribution in [-0.4, -0.2) is 34.9 Å². The van der Waals surface area contributed by atoms with Crippen molar-refractivity contribution in [1.82, 2.24) is 9.97 Å². The monoisotopic (exact) mass is 483 g/mol. The van der Waals surface area contributed by atoms with E-state index in [1.807, 2.05) is 0 Å². The van der Waals surface area contributed by atoms with Crippen LogP contribution < -0.4 is 15.5 Å². The van der Waals surface area contributed by atoms with Gasteiger partial charge in [-0.15, -0.1) is 0 Å². The van der Waals surface area contributed by atoms with Crippen LogP contribution in [0.5, 0.6) is 0 Å². The highest BCUT2D eigenvalue weighted by Crippen LogP contribution is 2.31. The summed E-state index contributed by atoms with van der Waals surface area (Å²) in [7, 11) is 0. The normalized spacial score (nSPS) is 14.1. The molecule has 1 aliphatic heterocycles. The van der Waals surface area contributed by atoms with E-state index in [-0.39, 0.29) is 17.7 Å². The zero-order chi connectivity index (χ0) is 23.2. The van der Waals surface area contributed by atoms with Gasteiger partial charge < -0.3 is 15.5 Å². The fraction of sp³-hybridized carbons (Fsp3) is 0.250. The van der Waals surface area contributed by atoms with Gasteiger partial charge in [-0.1, -0.05) is 29.3 Å². The standard InChI is InChI=1S/C24H23Cl2N5O2/c25-18-3-1-2-17(13-18)24(33)30-21-14-19(26)15-28-23(21)31-10-6-16(7-11-31)12-22(32)29-20-4-8-27-9-5-20/h1-5,8-9,13-16H,6-7,10-12H2,(H,30,33)(H,27,29,32). The van der Waals surface area contributed by atoms with E-state index in [2.05, 4.69) is 25.5 Å². The Hall–Kier alpha value is -3.16. The predicted molar refractivity (Wildman–Crippen MR) is 131 cm³/mol. The maximum absolute atomic E-state index is 12.7. The summed E-state index contributed by atoms with van der Waals surface area (Å²) >= 11 is 12.2. The summed E-state index contributed by atoms with van der Waals surface area (Å²) in [6, 6.07) is 12.0. The Bertz CT molecular complexity index is 1130. The number of hydrogen-bond acceptors (Lipinski definition) is 5. The van der Waals surface area contributed by atoms with Crippen molar-refractivity contribution >= 4 is 52.2 Å². The molecule has 3 heterocycles. The first-order chi connectivity index (χ1) is 16.0. The van der Waals surface area contributed by atoms with Gasteiger partial charge in [-0.3, -0.25) is 14.6 Å². The van der Waals surface area contributed by atoms with Crippen molar-refractivity contribution in [1.29, 1.82) is 0 Å². The second-order valence-electron chi connectivity index (χ2n) is 7.91. The molecular formula is C24H23Cl2N5O2. The molecule has 1 aliphatic rings. The van der Waals surface area contributed by atoms with Crippen LogP contribution in [0.4, 0.5) is 17.2 Å². The minimum absolute atomic E-state index is 0.00116. The van der Waals surface area contributed by atoms with Crippen molar-refractivity contribution in [3.05, 3.63) is 76.7 Å². The number of carbonyl (C=O) groups is 2. The summed E-state index contributed by atoms with van der Waals surface area (Å²) in [4.78, 5) is 35.6.